The fourth-order valence-corrected chi connectivity index (χ4v) is 3.28. The number of ether oxygens (including phenoxy) is 1. The number of carbonyl (C=O) groups is 1. The third-order valence-electron chi connectivity index (χ3n) is 4.44. The molecule has 1 radical (unpaired) electrons. The number of rotatable bonds is 6. The second kappa shape index (κ2) is 10.0. The van der Waals surface area contributed by atoms with Crippen LogP contribution in [0.15, 0.2) is 4.99 Å². The summed E-state index contributed by atoms with van der Waals surface area (Å²) in [5, 5.41) is 0. The molecule has 0 saturated heterocycles. The Morgan fingerprint density at radius 2 is 1.90 bits per heavy atom. The largest absolute Gasteiger partial charge is 0.674 e. The molecule has 4 atom stereocenters. The van der Waals surface area contributed by atoms with Crippen LogP contribution in [0, 0.1) is 61.8 Å². The van der Waals surface area contributed by atoms with Gasteiger partial charge in [-0.25, -0.2) is 0 Å². The van der Waals surface area contributed by atoms with Gasteiger partial charge >= 0.3 is 5.97 Å². The first kappa shape index (κ1) is 21.1. The van der Waals surface area contributed by atoms with Crippen LogP contribution in [0.5, 0.6) is 0 Å². The molecule has 0 aromatic rings. The minimum Gasteiger partial charge on any atom is -0.674 e. The Balaban J connectivity index is 0.00000400. The zero-order chi connectivity index (χ0) is 15.3. The van der Waals surface area contributed by atoms with E-state index in [2.05, 4.69) is 18.8 Å². The summed E-state index contributed by atoms with van der Waals surface area (Å²) in [5.74, 6) is -0.0539. The maximum absolute atomic E-state index is 11.7. The minimum absolute atomic E-state index is 0. The Bertz CT molecular complexity index is 357. The molecule has 0 aromatic carbocycles. The molecule has 0 amide bonds. The van der Waals surface area contributed by atoms with E-state index < -0.39 is 0 Å². The van der Waals surface area contributed by atoms with Gasteiger partial charge in [-0.2, -0.15) is 0 Å². The Morgan fingerprint density at radius 1 is 1.33 bits per heavy atom. The van der Waals surface area contributed by atoms with Crippen molar-refractivity contribution < 1.29 is 53.6 Å². The first-order valence-corrected chi connectivity index (χ1v) is 7.32. The molecular weight excluding hydrogens is 483 g/mol. The molecule has 0 aromatic heterocycles. The number of nitrogens with zero attached hydrogens (tertiary/aromatic N) is 1. The molecule has 1 fully saturated rings. The van der Waals surface area contributed by atoms with Gasteiger partial charge in [-0.1, -0.05) is 32.6 Å². The monoisotopic (exact) mass is 510 g/mol. The van der Waals surface area contributed by atoms with E-state index in [9.17, 15) is 4.79 Å². The van der Waals surface area contributed by atoms with Gasteiger partial charge in [0.25, 0.3) is 0 Å². The van der Waals surface area contributed by atoms with E-state index in [0.29, 0.717) is 18.8 Å². The van der Waals surface area contributed by atoms with E-state index in [1.54, 1.807) is 0 Å². The number of nitrogens with one attached hydrogen (secondary N) is 1. The number of methoxy groups -OCH3 is 1. The van der Waals surface area contributed by atoms with Crippen molar-refractivity contribution in [2.24, 2.45) is 34.2 Å². The van der Waals surface area contributed by atoms with Gasteiger partial charge in [0.2, 0.25) is 0 Å². The summed E-state index contributed by atoms with van der Waals surface area (Å²) < 4.78 is 4.82. The molecule has 1 saturated carbocycles. The van der Waals surface area contributed by atoms with Gasteiger partial charge < -0.3 is 21.9 Å². The number of hydrogen-bond donors (Lipinski definition) is 2. The van der Waals surface area contributed by atoms with E-state index in [0.717, 1.165) is 12.8 Å². The molecule has 1 aliphatic carbocycles. The summed E-state index contributed by atoms with van der Waals surface area (Å²) in [5.41, 5.74) is 19.4. The van der Waals surface area contributed by atoms with Crippen LogP contribution in [0.25, 0.3) is 5.73 Å². The first-order chi connectivity index (χ1) is 9.44. The normalized spacial score (nSPS) is 26.0. The Hall–Kier alpha value is 0.142. The smallest absolute Gasteiger partial charge is 0.308 e. The number of hydrogen-bond acceptors (Lipinski definition) is 3. The fourth-order valence-electron chi connectivity index (χ4n) is 3.28. The number of aliphatic imine (C=N–C) groups is 1. The van der Waals surface area contributed by atoms with Gasteiger partial charge in [-0.3, -0.25) is 9.79 Å². The van der Waals surface area contributed by atoms with Crippen molar-refractivity contribution in [3.63, 3.8) is 0 Å². The molecule has 1 rings (SSSR count). The van der Waals surface area contributed by atoms with Gasteiger partial charge in [0.05, 0.1) is 19.1 Å². The Morgan fingerprint density at radius 3 is 2.33 bits per heavy atom. The minimum atomic E-state index is -0.243. The van der Waals surface area contributed by atoms with E-state index in [-0.39, 0.29) is 79.9 Å². The van der Waals surface area contributed by atoms with Crippen molar-refractivity contribution in [3.8, 4) is 0 Å². The van der Waals surface area contributed by atoms with Crippen molar-refractivity contribution in [3.05, 3.63) is 5.73 Å². The van der Waals surface area contributed by atoms with Crippen molar-refractivity contribution in [2.75, 3.05) is 7.11 Å². The Labute approximate surface area is 163 Å². The molecule has 6 nitrogen and oxygen atoms in total. The van der Waals surface area contributed by atoms with Crippen LogP contribution in [0.3, 0.4) is 0 Å². The molecule has 0 heterocycles. The summed E-state index contributed by atoms with van der Waals surface area (Å²) in [6, 6.07) is -0.389. The van der Waals surface area contributed by atoms with Crippen molar-refractivity contribution >= 4 is 11.9 Å². The predicted molar refractivity (Wildman–Crippen MR) is 80.0 cm³/mol. The van der Waals surface area contributed by atoms with Gasteiger partial charge in [0.15, 0.2) is 5.96 Å². The predicted octanol–water partition coefficient (Wildman–Crippen LogP) is 1.68. The maximum Gasteiger partial charge on any atom is 0.308 e. The van der Waals surface area contributed by atoms with Gasteiger partial charge in [-0.05, 0) is 18.8 Å². The molecule has 21 heavy (non-hydrogen) atoms. The van der Waals surface area contributed by atoms with Crippen LogP contribution >= 0.6 is 0 Å². The molecule has 1 aliphatic rings. The third kappa shape index (κ3) is 5.69. The van der Waals surface area contributed by atoms with Crippen molar-refractivity contribution in [1.29, 1.82) is 0 Å². The summed E-state index contributed by atoms with van der Waals surface area (Å²) >= 11 is 0. The fraction of sp³-hybridized carbons (Fsp3) is 0.857. The molecule has 0 bridgehead atoms. The zero-order valence-electron chi connectivity index (χ0n) is 13.2. The molecule has 0 spiro atoms. The van der Waals surface area contributed by atoms with Crippen LogP contribution in [0.4, 0.5) is 0 Å². The van der Waals surface area contributed by atoms with Crippen LogP contribution in [0.2, 0.25) is 0 Å². The summed E-state index contributed by atoms with van der Waals surface area (Å²) in [7, 11) is 1.39. The standard InChI is InChI=1S/C14H27N4O2.Ac/c1-4-8(5-2)12(15)10-6-9(13(19)20-3)7-11(10)18-14(16)17;/h8-12,15H,4-7H2,1-3H3,(H4,16,17,18);/q-1;. The summed E-state index contributed by atoms with van der Waals surface area (Å²) in [6.45, 7) is 4.19. The second-order valence-corrected chi connectivity index (χ2v) is 5.58. The summed E-state index contributed by atoms with van der Waals surface area (Å²) in [6.07, 6.45) is 3.13. The second-order valence-electron chi connectivity index (χ2n) is 5.58. The van der Waals surface area contributed by atoms with E-state index in [1.165, 1.54) is 7.11 Å². The van der Waals surface area contributed by atoms with Crippen molar-refractivity contribution in [1.82, 2.24) is 0 Å². The first-order valence-electron chi connectivity index (χ1n) is 7.32. The maximum atomic E-state index is 11.7. The number of esters is 1. The van der Waals surface area contributed by atoms with Crippen molar-refractivity contribution in [2.45, 2.75) is 51.6 Å². The third-order valence-corrected chi connectivity index (χ3v) is 4.44. The van der Waals surface area contributed by atoms with Crippen LogP contribution in [-0.4, -0.2) is 31.1 Å². The van der Waals surface area contributed by atoms with Crippen LogP contribution in [-0.2, 0) is 9.53 Å². The number of guanidine groups is 1. The van der Waals surface area contributed by atoms with Gasteiger partial charge in [-0.15, -0.1) is 6.04 Å². The number of carbonyl (C=O) groups excluding carboxylic acids is 1. The average Bonchev–Trinajstić information content (AvgIpc) is 2.82. The molecule has 119 valence electrons. The Kier molecular flexibility index (Phi) is 10.1. The molecule has 0 aliphatic heterocycles. The zero-order valence-corrected chi connectivity index (χ0v) is 18.0. The molecule has 4 unspecified atom stereocenters. The van der Waals surface area contributed by atoms with Gasteiger partial charge in [0, 0.05) is 44.1 Å². The molecule has 5 N–H and O–H groups in total. The summed E-state index contributed by atoms with van der Waals surface area (Å²) in [4.78, 5) is 16.0. The van der Waals surface area contributed by atoms with Crippen LogP contribution in [0.1, 0.15) is 39.5 Å². The van der Waals surface area contributed by atoms with E-state index in [1.807, 2.05) is 0 Å². The van der Waals surface area contributed by atoms with E-state index in [4.69, 9.17) is 21.9 Å². The quantitative estimate of drug-likeness (QED) is 0.322. The topological polar surface area (TPSA) is 114 Å². The molecular formula is C14H27AcN4O2-. The van der Waals surface area contributed by atoms with Crippen LogP contribution < -0.4 is 11.5 Å². The number of nitrogens with two attached hydrogens (primary N) is 2. The average molecular weight is 510 g/mol. The molecule has 7 heteroatoms. The van der Waals surface area contributed by atoms with E-state index >= 15 is 0 Å². The van der Waals surface area contributed by atoms with Gasteiger partial charge in [0.1, 0.15) is 0 Å². The SMILES string of the molecule is CCC(CC)C([NH-])C1CC(C(=O)OC)CC1N=C(N)N.[Ac].